The van der Waals surface area contributed by atoms with E-state index in [9.17, 15) is 9.59 Å². The van der Waals surface area contributed by atoms with Crippen molar-refractivity contribution in [1.82, 2.24) is 4.90 Å². The molecule has 0 bridgehead atoms. The highest BCUT2D eigenvalue weighted by Crippen LogP contribution is 2.29. The average molecular weight is 272 g/mol. The van der Waals surface area contributed by atoms with Crippen LogP contribution in [0.5, 0.6) is 0 Å². The number of amides is 2. The predicted molar refractivity (Wildman–Crippen MR) is 77.8 cm³/mol. The summed E-state index contributed by atoms with van der Waals surface area (Å²) in [7, 11) is 1.76. The first-order valence-electron chi connectivity index (χ1n) is 7.34. The molecule has 4 nitrogen and oxygen atoms in total. The lowest BCUT2D eigenvalue weighted by molar-refractivity contribution is 0.0889. The van der Waals surface area contributed by atoms with Crippen LogP contribution in [-0.2, 0) is 6.54 Å². The van der Waals surface area contributed by atoms with Gasteiger partial charge in [0.15, 0.2) is 5.78 Å². The number of hydrogen-bond acceptors (Lipinski definition) is 2. The molecule has 106 valence electrons. The number of nitrogens with zero attached hydrogens (tertiary/aromatic N) is 1. The molecule has 1 N–H and O–H groups in total. The first-order chi connectivity index (χ1) is 9.65. The van der Waals surface area contributed by atoms with Crippen LogP contribution in [0.25, 0.3) is 0 Å². The van der Waals surface area contributed by atoms with Crippen molar-refractivity contribution < 1.29 is 9.59 Å². The molecule has 1 aliphatic carbocycles. The molecule has 1 fully saturated rings. The van der Waals surface area contributed by atoms with Crippen molar-refractivity contribution in [3.63, 3.8) is 0 Å². The maximum atomic E-state index is 12.5. The first kappa shape index (κ1) is 13.2. The Hall–Kier alpha value is -1.84. The fourth-order valence-electron chi connectivity index (χ4n) is 3.14. The summed E-state index contributed by atoms with van der Waals surface area (Å²) in [4.78, 5) is 25.7. The van der Waals surface area contributed by atoms with Gasteiger partial charge in [-0.05, 0) is 36.6 Å². The van der Waals surface area contributed by atoms with Crippen LogP contribution in [0, 0.1) is 5.92 Å². The van der Waals surface area contributed by atoms with E-state index in [1.165, 1.54) is 19.3 Å². The molecule has 0 spiro atoms. The van der Waals surface area contributed by atoms with Gasteiger partial charge in [0.2, 0.25) is 0 Å². The van der Waals surface area contributed by atoms with E-state index in [4.69, 9.17) is 0 Å². The summed E-state index contributed by atoms with van der Waals surface area (Å²) in [6.07, 6.45) is 5.63. The van der Waals surface area contributed by atoms with Gasteiger partial charge in [-0.1, -0.05) is 19.3 Å². The van der Waals surface area contributed by atoms with Crippen LogP contribution in [0.1, 0.15) is 48.0 Å². The molecule has 1 heterocycles. The van der Waals surface area contributed by atoms with E-state index in [0.29, 0.717) is 6.54 Å². The summed E-state index contributed by atoms with van der Waals surface area (Å²) in [6, 6.07) is 5.56. The molecule has 2 aliphatic rings. The van der Waals surface area contributed by atoms with Crippen molar-refractivity contribution in [1.29, 1.82) is 0 Å². The highest BCUT2D eigenvalue weighted by atomic mass is 16.2. The Balaban J connectivity index is 1.83. The third-order valence-electron chi connectivity index (χ3n) is 4.36. The third kappa shape index (κ3) is 2.42. The van der Waals surface area contributed by atoms with E-state index in [1.54, 1.807) is 11.9 Å². The molecule has 3 rings (SSSR count). The van der Waals surface area contributed by atoms with Crippen molar-refractivity contribution in [2.24, 2.45) is 5.92 Å². The van der Waals surface area contributed by atoms with Crippen molar-refractivity contribution in [3.05, 3.63) is 29.3 Å². The molecule has 1 aliphatic heterocycles. The smallest absolute Gasteiger partial charge is 0.321 e. The van der Waals surface area contributed by atoms with Gasteiger partial charge in [0.25, 0.3) is 0 Å². The van der Waals surface area contributed by atoms with Crippen molar-refractivity contribution in [2.45, 2.75) is 38.6 Å². The quantitative estimate of drug-likeness (QED) is 0.838. The van der Waals surface area contributed by atoms with Gasteiger partial charge < -0.3 is 10.2 Å². The number of hydrogen-bond donors (Lipinski definition) is 1. The van der Waals surface area contributed by atoms with Crippen LogP contribution in [0.2, 0.25) is 0 Å². The van der Waals surface area contributed by atoms with Crippen molar-refractivity contribution >= 4 is 17.5 Å². The summed E-state index contributed by atoms with van der Waals surface area (Å²) in [6.45, 7) is 0.562. The molecule has 0 saturated heterocycles. The lowest BCUT2D eigenvalue weighted by Crippen LogP contribution is -2.35. The SMILES string of the molecule is CN1Cc2cc(C(=O)C3CCCCC3)ccc2NC1=O. The maximum Gasteiger partial charge on any atom is 0.321 e. The number of fused-ring (bicyclic) bond motifs is 1. The number of anilines is 1. The fourth-order valence-corrected chi connectivity index (χ4v) is 3.14. The minimum absolute atomic E-state index is 0.0937. The fraction of sp³-hybridized carbons (Fsp3) is 0.500. The van der Waals surface area contributed by atoms with Gasteiger partial charge in [-0.15, -0.1) is 0 Å². The zero-order valence-corrected chi connectivity index (χ0v) is 11.8. The van der Waals surface area contributed by atoms with E-state index >= 15 is 0 Å². The molecule has 0 aromatic heterocycles. The second-order valence-electron chi connectivity index (χ2n) is 5.86. The summed E-state index contributed by atoms with van der Waals surface area (Å²) in [5.41, 5.74) is 2.64. The van der Waals surface area contributed by atoms with Crippen LogP contribution in [-0.4, -0.2) is 23.8 Å². The predicted octanol–water partition coefficient (Wildman–Crippen LogP) is 3.43. The minimum atomic E-state index is -0.0937. The van der Waals surface area contributed by atoms with Crippen LogP contribution >= 0.6 is 0 Å². The van der Waals surface area contributed by atoms with Crippen LogP contribution in [0.4, 0.5) is 10.5 Å². The standard InChI is InChI=1S/C16H20N2O2/c1-18-10-13-9-12(7-8-14(13)17-16(18)20)15(19)11-5-3-2-4-6-11/h7-9,11H,2-6,10H2,1H3,(H,17,20). The number of ketones is 1. The Labute approximate surface area is 119 Å². The normalized spacial score (nSPS) is 19.4. The first-order valence-corrected chi connectivity index (χ1v) is 7.34. The molecule has 4 heteroatoms. The zero-order chi connectivity index (χ0) is 14.1. The second-order valence-corrected chi connectivity index (χ2v) is 5.86. The lowest BCUT2D eigenvalue weighted by Gasteiger charge is -2.27. The molecule has 2 amide bonds. The van der Waals surface area contributed by atoms with Gasteiger partial charge in [0.05, 0.1) is 0 Å². The summed E-state index contributed by atoms with van der Waals surface area (Å²) >= 11 is 0. The molecule has 1 saturated carbocycles. The molecule has 0 radical (unpaired) electrons. The number of rotatable bonds is 2. The number of benzene rings is 1. The largest absolute Gasteiger partial charge is 0.323 e. The van der Waals surface area contributed by atoms with Gasteiger partial charge in [0, 0.05) is 30.8 Å². The topological polar surface area (TPSA) is 49.4 Å². The Bertz CT molecular complexity index is 547. The van der Waals surface area contributed by atoms with Crippen LogP contribution in [0.15, 0.2) is 18.2 Å². The van der Waals surface area contributed by atoms with Gasteiger partial charge >= 0.3 is 6.03 Å². The minimum Gasteiger partial charge on any atom is -0.323 e. The molecular formula is C16H20N2O2. The lowest BCUT2D eigenvalue weighted by atomic mass is 9.83. The second kappa shape index (κ2) is 5.27. The third-order valence-corrected chi connectivity index (χ3v) is 4.36. The van der Waals surface area contributed by atoms with E-state index < -0.39 is 0 Å². The maximum absolute atomic E-state index is 12.5. The summed E-state index contributed by atoms with van der Waals surface area (Å²) < 4.78 is 0. The van der Waals surface area contributed by atoms with Gasteiger partial charge in [-0.3, -0.25) is 4.79 Å². The average Bonchev–Trinajstić information content (AvgIpc) is 2.48. The Morgan fingerprint density at radius 1 is 1.25 bits per heavy atom. The van der Waals surface area contributed by atoms with E-state index in [0.717, 1.165) is 29.7 Å². The monoisotopic (exact) mass is 272 g/mol. The number of carbonyl (C=O) groups is 2. The Morgan fingerprint density at radius 2 is 2.00 bits per heavy atom. The number of nitrogens with one attached hydrogen (secondary N) is 1. The number of Topliss-reactive ketones (excluding diaryl/α,β-unsaturated/α-hetero) is 1. The Kier molecular flexibility index (Phi) is 3.47. The molecule has 0 atom stereocenters. The molecule has 1 aromatic rings. The van der Waals surface area contributed by atoms with Gasteiger partial charge in [-0.2, -0.15) is 0 Å². The van der Waals surface area contributed by atoms with Crippen molar-refractivity contribution in [2.75, 3.05) is 12.4 Å². The number of urea groups is 1. The molecule has 0 unspecified atom stereocenters. The molecule has 1 aromatic carbocycles. The van der Waals surface area contributed by atoms with E-state index in [-0.39, 0.29) is 17.7 Å². The van der Waals surface area contributed by atoms with E-state index in [2.05, 4.69) is 5.32 Å². The highest BCUT2D eigenvalue weighted by molar-refractivity contribution is 5.99. The van der Waals surface area contributed by atoms with Crippen LogP contribution in [0.3, 0.4) is 0 Å². The van der Waals surface area contributed by atoms with Crippen LogP contribution < -0.4 is 5.32 Å². The Morgan fingerprint density at radius 3 is 2.75 bits per heavy atom. The van der Waals surface area contributed by atoms with E-state index in [1.807, 2.05) is 18.2 Å². The number of carbonyl (C=O) groups excluding carboxylic acids is 2. The molecular weight excluding hydrogens is 252 g/mol. The highest BCUT2D eigenvalue weighted by Gasteiger charge is 2.25. The van der Waals surface area contributed by atoms with Crippen molar-refractivity contribution in [3.8, 4) is 0 Å². The summed E-state index contributed by atoms with van der Waals surface area (Å²) in [5.74, 6) is 0.463. The zero-order valence-electron chi connectivity index (χ0n) is 11.8. The molecule has 20 heavy (non-hydrogen) atoms. The van der Waals surface area contributed by atoms with Gasteiger partial charge in [0.1, 0.15) is 0 Å². The summed E-state index contributed by atoms with van der Waals surface area (Å²) in [5, 5.41) is 2.83. The van der Waals surface area contributed by atoms with Gasteiger partial charge in [-0.25, -0.2) is 4.79 Å².